The topological polar surface area (TPSA) is 54.5 Å². The molecule has 0 unspecified atom stereocenters. The summed E-state index contributed by atoms with van der Waals surface area (Å²) in [7, 11) is -3.37. The molecule has 14 heavy (non-hydrogen) atoms. The number of rotatable bonds is 4. The molecular formula is C8H15NO3S2. The van der Waals surface area contributed by atoms with E-state index in [2.05, 4.69) is 12.6 Å². The summed E-state index contributed by atoms with van der Waals surface area (Å²) in [6.45, 7) is 3.19. The van der Waals surface area contributed by atoms with Crippen LogP contribution in [0.1, 0.15) is 26.7 Å². The quantitative estimate of drug-likeness (QED) is 0.577. The number of thiol groups is 1. The lowest BCUT2D eigenvalue weighted by Gasteiger charge is -2.43. The van der Waals surface area contributed by atoms with Crippen LogP contribution in [0.2, 0.25) is 0 Å². The van der Waals surface area contributed by atoms with Crippen LogP contribution in [-0.4, -0.2) is 35.7 Å². The molecule has 0 bridgehead atoms. The van der Waals surface area contributed by atoms with Crippen molar-refractivity contribution in [1.29, 1.82) is 0 Å². The maximum absolute atomic E-state index is 11.6. The molecule has 1 fully saturated rings. The van der Waals surface area contributed by atoms with Gasteiger partial charge in [0.1, 0.15) is 0 Å². The van der Waals surface area contributed by atoms with Gasteiger partial charge in [-0.25, -0.2) is 12.7 Å². The van der Waals surface area contributed by atoms with Crippen molar-refractivity contribution in [3.63, 3.8) is 0 Å². The standard InChI is InChI=1S/C8H15NO3S2/c1-8(2)7(10)9(14(8,11)12)5-3-4-6-13/h13H,3-6H2,1-2H3. The molecule has 0 aromatic carbocycles. The van der Waals surface area contributed by atoms with E-state index in [1.807, 2.05) is 0 Å². The van der Waals surface area contributed by atoms with E-state index in [9.17, 15) is 13.2 Å². The van der Waals surface area contributed by atoms with E-state index in [0.717, 1.165) is 10.7 Å². The highest BCUT2D eigenvalue weighted by atomic mass is 32.2. The SMILES string of the molecule is CC1(C)C(=O)N(CCCCS)S1(=O)=O. The predicted octanol–water partition coefficient (Wildman–Crippen LogP) is 0.647. The van der Waals surface area contributed by atoms with E-state index >= 15 is 0 Å². The first-order valence-electron chi connectivity index (χ1n) is 4.53. The van der Waals surface area contributed by atoms with E-state index in [1.54, 1.807) is 0 Å². The Morgan fingerprint density at radius 3 is 2.36 bits per heavy atom. The van der Waals surface area contributed by atoms with Crippen LogP contribution in [0.15, 0.2) is 0 Å². The molecule has 1 amide bonds. The lowest BCUT2D eigenvalue weighted by atomic mass is 10.2. The minimum absolute atomic E-state index is 0.295. The van der Waals surface area contributed by atoms with E-state index < -0.39 is 14.8 Å². The summed E-state index contributed by atoms with van der Waals surface area (Å²) in [4.78, 5) is 11.4. The Morgan fingerprint density at radius 2 is 1.93 bits per heavy atom. The number of sulfonamides is 1. The summed E-state index contributed by atoms with van der Waals surface area (Å²) in [6.07, 6.45) is 1.51. The number of unbranched alkanes of at least 4 members (excludes halogenated alkanes) is 1. The molecule has 0 saturated carbocycles. The van der Waals surface area contributed by atoms with Crippen LogP contribution in [0.25, 0.3) is 0 Å². The van der Waals surface area contributed by atoms with Gasteiger partial charge in [-0.2, -0.15) is 12.6 Å². The van der Waals surface area contributed by atoms with E-state index in [4.69, 9.17) is 0 Å². The second-order valence-electron chi connectivity index (χ2n) is 3.82. The van der Waals surface area contributed by atoms with Gasteiger partial charge < -0.3 is 0 Å². The van der Waals surface area contributed by atoms with Crippen LogP contribution in [0.5, 0.6) is 0 Å². The minimum Gasteiger partial charge on any atom is -0.272 e. The summed E-state index contributed by atoms with van der Waals surface area (Å²) in [6, 6.07) is 0. The zero-order valence-electron chi connectivity index (χ0n) is 8.36. The third-order valence-corrected chi connectivity index (χ3v) is 5.16. The number of hydrogen-bond acceptors (Lipinski definition) is 4. The molecule has 1 aliphatic heterocycles. The van der Waals surface area contributed by atoms with Gasteiger partial charge in [-0.1, -0.05) is 0 Å². The summed E-state index contributed by atoms with van der Waals surface area (Å²) in [5.41, 5.74) is 0. The van der Waals surface area contributed by atoms with Crippen LogP contribution >= 0.6 is 12.6 Å². The number of amides is 1. The van der Waals surface area contributed by atoms with Crippen molar-refractivity contribution in [2.75, 3.05) is 12.3 Å². The van der Waals surface area contributed by atoms with E-state index in [1.165, 1.54) is 13.8 Å². The molecule has 0 aromatic rings. The van der Waals surface area contributed by atoms with Crippen LogP contribution in [0.3, 0.4) is 0 Å². The Hall–Kier alpha value is -0.230. The van der Waals surface area contributed by atoms with Crippen molar-refractivity contribution in [3.8, 4) is 0 Å². The minimum atomic E-state index is -3.37. The Morgan fingerprint density at radius 1 is 1.36 bits per heavy atom. The van der Waals surface area contributed by atoms with Gasteiger partial charge in [0.2, 0.25) is 0 Å². The Labute approximate surface area is 90.1 Å². The molecule has 1 heterocycles. The van der Waals surface area contributed by atoms with Gasteiger partial charge in [0.05, 0.1) is 0 Å². The second-order valence-corrected chi connectivity index (χ2v) is 6.68. The highest BCUT2D eigenvalue weighted by molar-refractivity contribution is 7.94. The molecule has 0 N–H and O–H groups in total. The highest BCUT2D eigenvalue weighted by Gasteiger charge is 2.59. The summed E-state index contributed by atoms with van der Waals surface area (Å²) in [5, 5.41) is 0. The van der Waals surface area contributed by atoms with Crippen molar-refractivity contribution < 1.29 is 13.2 Å². The molecule has 0 spiro atoms. The fourth-order valence-electron chi connectivity index (χ4n) is 1.35. The lowest BCUT2D eigenvalue weighted by Crippen LogP contribution is -2.67. The third kappa shape index (κ3) is 1.54. The van der Waals surface area contributed by atoms with Gasteiger partial charge in [-0.15, -0.1) is 0 Å². The van der Waals surface area contributed by atoms with Gasteiger partial charge in [-0.05, 0) is 32.4 Å². The van der Waals surface area contributed by atoms with Gasteiger partial charge in [0.15, 0.2) is 4.75 Å². The Bertz CT molecular complexity index is 334. The molecular weight excluding hydrogens is 222 g/mol. The normalized spacial score (nSPS) is 23.4. The average molecular weight is 237 g/mol. The maximum atomic E-state index is 11.6. The number of hydrogen-bond donors (Lipinski definition) is 1. The average Bonchev–Trinajstić information content (AvgIpc) is 2.11. The smallest absolute Gasteiger partial charge is 0.258 e. The van der Waals surface area contributed by atoms with Gasteiger partial charge >= 0.3 is 0 Å². The molecule has 1 rings (SSSR count). The summed E-state index contributed by atoms with van der Waals surface area (Å²) in [5.74, 6) is 0.419. The molecule has 0 aliphatic carbocycles. The van der Waals surface area contributed by atoms with Crippen LogP contribution in [-0.2, 0) is 14.8 Å². The molecule has 82 valence electrons. The number of carbonyl (C=O) groups is 1. The van der Waals surface area contributed by atoms with Crippen LogP contribution in [0.4, 0.5) is 0 Å². The molecule has 1 aliphatic rings. The van der Waals surface area contributed by atoms with Crippen molar-refractivity contribution in [2.45, 2.75) is 31.4 Å². The largest absolute Gasteiger partial charge is 0.272 e. The fourth-order valence-corrected chi connectivity index (χ4v) is 3.13. The van der Waals surface area contributed by atoms with Crippen molar-refractivity contribution in [2.24, 2.45) is 0 Å². The summed E-state index contributed by atoms with van der Waals surface area (Å²) >= 11 is 4.02. The third-order valence-electron chi connectivity index (χ3n) is 2.45. The molecule has 4 nitrogen and oxygen atoms in total. The predicted molar refractivity (Wildman–Crippen MR) is 57.8 cm³/mol. The zero-order valence-corrected chi connectivity index (χ0v) is 10.1. The number of carbonyl (C=O) groups excluding carboxylic acids is 1. The summed E-state index contributed by atoms with van der Waals surface area (Å²) < 4.78 is 22.9. The monoisotopic (exact) mass is 237 g/mol. The van der Waals surface area contributed by atoms with E-state index in [0.29, 0.717) is 18.7 Å². The molecule has 0 atom stereocenters. The van der Waals surface area contributed by atoms with Crippen molar-refractivity contribution >= 4 is 28.6 Å². The first-order chi connectivity index (χ1) is 6.35. The zero-order chi connectivity index (χ0) is 11.0. The molecule has 0 aromatic heterocycles. The first-order valence-corrected chi connectivity index (χ1v) is 6.60. The van der Waals surface area contributed by atoms with Gasteiger partial charge in [0.25, 0.3) is 15.9 Å². The fraction of sp³-hybridized carbons (Fsp3) is 0.875. The molecule has 6 heteroatoms. The van der Waals surface area contributed by atoms with Gasteiger partial charge in [0, 0.05) is 6.54 Å². The van der Waals surface area contributed by atoms with Crippen LogP contribution < -0.4 is 0 Å². The van der Waals surface area contributed by atoms with E-state index in [-0.39, 0.29) is 5.91 Å². The maximum Gasteiger partial charge on any atom is 0.258 e. The van der Waals surface area contributed by atoms with Crippen molar-refractivity contribution in [1.82, 2.24) is 4.31 Å². The first kappa shape index (κ1) is 11.8. The second kappa shape index (κ2) is 3.73. The molecule has 1 saturated heterocycles. The van der Waals surface area contributed by atoms with Crippen LogP contribution in [0, 0.1) is 0 Å². The number of nitrogens with zero attached hydrogens (tertiary/aromatic N) is 1. The molecule has 0 radical (unpaired) electrons. The highest BCUT2D eigenvalue weighted by Crippen LogP contribution is 2.34. The Kier molecular flexibility index (Phi) is 3.16. The lowest BCUT2D eigenvalue weighted by molar-refractivity contribution is -0.132. The Balaban J connectivity index is 2.63. The van der Waals surface area contributed by atoms with Gasteiger partial charge in [-0.3, -0.25) is 4.79 Å². The van der Waals surface area contributed by atoms with Crippen molar-refractivity contribution in [3.05, 3.63) is 0 Å².